The number of aliphatic hydroxyl groups is 1. The molecule has 1 aromatic rings. The van der Waals surface area contributed by atoms with E-state index in [1.54, 1.807) is 24.9 Å². The summed E-state index contributed by atoms with van der Waals surface area (Å²) < 4.78 is 5.53. The Morgan fingerprint density at radius 2 is 2.44 bits per heavy atom. The zero-order chi connectivity index (χ0) is 11.5. The molecule has 0 bridgehead atoms. The van der Waals surface area contributed by atoms with E-state index >= 15 is 0 Å². The van der Waals surface area contributed by atoms with Crippen LogP contribution in [0.15, 0.2) is 23.4 Å². The maximum absolute atomic E-state index is 9.66. The van der Waals surface area contributed by atoms with Gasteiger partial charge in [-0.3, -0.25) is 0 Å². The smallest absolute Gasteiger partial charge is 0.102 e. The Labute approximate surface area is 100 Å². The molecule has 3 nitrogen and oxygen atoms in total. The van der Waals surface area contributed by atoms with Crippen molar-refractivity contribution >= 4 is 11.8 Å². The van der Waals surface area contributed by atoms with E-state index in [1.165, 1.54) is 0 Å². The van der Waals surface area contributed by atoms with Crippen molar-refractivity contribution in [2.24, 2.45) is 0 Å². The van der Waals surface area contributed by atoms with E-state index in [-0.39, 0.29) is 6.10 Å². The van der Waals surface area contributed by atoms with Crippen LogP contribution in [0.1, 0.15) is 31.9 Å². The third-order valence-electron chi connectivity index (χ3n) is 2.82. The lowest BCUT2D eigenvalue weighted by atomic mass is 10.2. The van der Waals surface area contributed by atoms with Gasteiger partial charge < -0.3 is 9.84 Å². The molecule has 0 amide bonds. The van der Waals surface area contributed by atoms with Gasteiger partial charge in [0.2, 0.25) is 0 Å². The van der Waals surface area contributed by atoms with Crippen LogP contribution in [0.2, 0.25) is 0 Å². The van der Waals surface area contributed by atoms with Crippen molar-refractivity contribution in [3.8, 4) is 0 Å². The first-order chi connectivity index (χ1) is 7.68. The van der Waals surface area contributed by atoms with E-state index in [1.807, 2.05) is 12.1 Å². The average molecular weight is 239 g/mol. The molecule has 1 saturated heterocycles. The van der Waals surface area contributed by atoms with Gasteiger partial charge >= 0.3 is 0 Å². The summed E-state index contributed by atoms with van der Waals surface area (Å²) in [5, 5.41) is 11.0. The topological polar surface area (TPSA) is 42.4 Å². The molecule has 1 aliphatic rings. The number of ether oxygens (including phenoxy) is 1. The highest BCUT2D eigenvalue weighted by molar-refractivity contribution is 8.00. The molecule has 4 heteroatoms. The Morgan fingerprint density at radius 3 is 3.06 bits per heavy atom. The van der Waals surface area contributed by atoms with E-state index in [4.69, 9.17) is 4.74 Å². The van der Waals surface area contributed by atoms with Crippen LogP contribution in [-0.4, -0.2) is 28.1 Å². The lowest BCUT2D eigenvalue weighted by Gasteiger charge is -2.16. The van der Waals surface area contributed by atoms with Crippen LogP contribution in [0.3, 0.4) is 0 Å². The van der Waals surface area contributed by atoms with Crippen LogP contribution < -0.4 is 0 Å². The van der Waals surface area contributed by atoms with Crippen molar-refractivity contribution < 1.29 is 9.84 Å². The normalized spacial score (nSPS) is 26.9. The molecule has 0 radical (unpaired) electrons. The average Bonchev–Trinajstić information content (AvgIpc) is 2.65. The fraction of sp³-hybridized carbons (Fsp3) is 0.583. The molecule has 1 N–H and O–H groups in total. The first-order valence-corrected chi connectivity index (χ1v) is 6.47. The predicted molar refractivity (Wildman–Crippen MR) is 64.5 cm³/mol. The summed E-state index contributed by atoms with van der Waals surface area (Å²) in [6, 6.07) is 3.79. The number of hydrogen-bond donors (Lipinski definition) is 1. The third kappa shape index (κ3) is 2.56. The number of rotatable bonds is 3. The summed E-state index contributed by atoms with van der Waals surface area (Å²) in [4.78, 5) is 4.35. The molecule has 88 valence electrons. The summed E-state index contributed by atoms with van der Waals surface area (Å²) in [7, 11) is 0. The zero-order valence-electron chi connectivity index (χ0n) is 9.59. The van der Waals surface area contributed by atoms with E-state index in [0.29, 0.717) is 5.25 Å². The van der Waals surface area contributed by atoms with Crippen LogP contribution in [0.4, 0.5) is 0 Å². The molecule has 2 heterocycles. The predicted octanol–water partition coefficient (Wildman–Crippen LogP) is 2.40. The Hall–Kier alpha value is -0.580. The van der Waals surface area contributed by atoms with Crippen LogP contribution in [-0.2, 0) is 4.74 Å². The molecule has 1 aliphatic heterocycles. The number of pyridine rings is 1. The SMILES string of the molecule is CC1OCCC1Sc1ncccc1[C@H](C)O. The van der Waals surface area contributed by atoms with Gasteiger partial charge in [-0.05, 0) is 26.3 Å². The second-order valence-electron chi connectivity index (χ2n) is 4.09. The summed E-state index contributed by atoms with van der Waals surface area (Å²) in [5.74, 6) is 0. The lowest BCUT2D eigenvalue weighted by Crippen LogP contribution is -2.14. The van der Waals surface area contributed by atoms with Gasteiger partial charge in [0.25, 0.3) is 0 Å². The highest BCUT2D eigenvalue weighted by Crippen LogP contribution is 2.34. The highest BCUT2D eigenvalue weighted by Gasteiger charge is 2.26. The van der Waals surface area contributed by atoms with Crippen LogP contribution in [0, 0.1) is 0 Å². The van der Waals surface area contributed by atoms with Gasteiger partial charge in [-0.25, -0.2) is 4.98 Å². The summed E-state index contributed by atoms with van der Waals surface area (Å²) >= 11 is 1.72. The van der Waals surface area contributed by atoms with Crippen molar-refractivity contribution in [2.75, 3.05) is 6.61 Å². The summed E-state index contributed by atoms with van der Waals surface area (Å²) in [6.45, 7) is 4.70. The van der Waals surface area contributed by atoms with Gasteiger partial charge in [0.05, 0.1) is 12.2 Å². The van der Waals surface area contributed by atoms with Crippen molar-refractivity contribution in [1.82, 2.24) is 4.98 Å². The standard InChI is InChI=1S/C12H17NO2S/c1-8(14)10-4-3-6-13-12(10)16-11-5-7-15-9(11)2/h3-4,6,8-9,11,14H,5,7H2,1-2H3/t8-,9?,11?/m0/s1. The molecule has 0 spiro atoms. The maximum atomic E-state index is 9.66. The van der Waals surface area contributed by atoms with Crippen molar-refractivity contribution in [2.45, 2.75) is 42.8 Å². The minimum absolute atomic E-state index is 0.272. The lowest BCUT2D eigenvalue weighted by molar-refractivity contribution is 0.127. The molecule has 1 fully saturated rings. The van der Waals surface area contributed by atoms with Gasteiger partial charge in [-0.2, -0.15) is 0 Å². The molecule has 16 heavy (non-hydrogen) atoms. The van der Waals surface area contributed by atoms with Gasteiger partial charge in [-0.15, -0.1) is 0 Å². The number of hydrogen-bond acceptors (Lipinski definition) is 4. The third-order valence-corrected chi connectivity index (χ3v) is 4.31. The minimum atomic E-state index is -0.464. The minimum Gasteiger partial charge on any atom is -0.389 e. The van der Waals surface area contributed by atoms with Crippen molar-refractivity contribution in [1.29, 1.82) is 0 Å². The van der Waals surface area contributed by atoms with Gasteiger partial charge in [0.15, 0.2) is 0 Å². The first-order valence-electron chi connectivity index (χ1n) is 5.59. The number of aliphatic hydroxyl groups excluding tert-OH is 1. The van der Waals surface area contributed by atoms with Crippen molar-refractivity contribution in [3.05, 3.63) is 23.9 Å². The highest BCUT2D eigenvalue weighted by atomic mass is 32.2. The first kappa shape index (κ1) is 11.9. The maximum Gasteiger partial charge on any atom is 0.102 e. The second kappa shape index (κ2) is 5.17. The largest absolute Gasteiger partial charge is 0.389 e. The Balaban J connectivity index is 2.14. The fourth-order valence-electron chi connectivity index (χ4n) is 1.83. The molecule has 0 aliphatic carbocycles. The second-order valence-corrected chi connectivity index (χ2v) is 5.32. The van der Waals surface area contributed by atoms with E-state index in [2.05, 4.69) is 11.9 Å². The summed E-state index contributed by atoms with van der Waals surface area (Å²) in [5.41, 5.74) is 0.909. The number of nitrogens with zero attached hydrogens (tertiary/aromatic N) is 1. The Kier molecular flexibility index (Phi) is 3.84. The molecular weight excluding hydrogens is 222 g/mol. The Bertz CT molecular complexity index is 357. The van der Waals surface area contributed by atoms with Crippen LogP contribution in [0.25, 0.3) is 0 Å². The molecule has 0 aromatic carbocycles. The monoisotopic (exact) mass is 239 g/mol. The molecule has 3 atom stereocenters. The van der Waals surface area contributed by atoms with E-state index < -0.39 is 6.10 Å². The van der Waals surface area contributed by atoms with Gasteiger partial charge in [0.1, 0.15) is 5.03 Å². The van der Waals surface area contributed by atoms with Gasteiger partial charge in [0, 0.05) is 23.6 Å². The van der Waals surface area contributed by atoms with E-state index in [0.717, 1.165) is 23.6 Å². The molecule has 0 saturated carbocycles. The quantitative estimate of drug-likeness (QED) is 0.879. The molecule has 1 aromatic heterocycles. The number of thioether (sulfide) groups is 1. The Morgan fingerprint density at radius 1 is 1.62 bits per heavy atom. The van der Waals surface area contributed by atoms with Crippen LogP contribution >= 0.6 is 11.8 Å². The fourth-order valence-corrected chi connectivity index (χ4v) is 3.10. The number of aromatic nitrogens is 1. The zero-order valence-corrected chi connectivity index (χ0v) is 10.4. The van der Waals surface area contributed by atoms with Gasteiger partial charge in [-0.1, -0.05) is 17.8 Å². The molecular formula is C12H17NO2S. The van der Waals surface area contributed by atoms with Crippen LogP contribution in [0.5, 0.6) is 0 Å². The molecule has 2 rings (SSSR count). The molecule has 2 unspecified atom stereocenters. The van der Waals surface area contributed by atoms with E-state index in [9.17, 15) is 5.11 Å². The summed E-state index contributed by atoms with van der Waals surface area (Å²) in [6.07, 6.45) is 2.64. The van der Waals surface area contributed by atoms with Crippen molar-refractivity contribution in [3.63, 3.8) is 0 Å².